The molecule has 204 valence electrons. The van der Waals surface area contributed by atoms with E-state index in [0.29, 0.717) is 38.0 Å². The molecule has 8 nitrogen and oxygen atoms in total. The Kier molecular flexibility index (Phi) is 10.1. The van der Waals surface area contributed by atoms with Gasteiger partial charge in [0.25, 0.3) is 0 Å². The lowest BCUT2D eigenvalue weighted by Gasteiger charge is -2.34. The highest BCUT2D eigenvalue weighted by molar-refractivity contribution is 5.87. The number of rotatable bonds is 12. The van der Waals surface area contributed by atoms with Crippen molar-refractivity contribution in [3.05, 3.63) is 23.8 Å². The molecule has 2 aliphatic carbocycles. The van der Waals surface area contributed by atoms with Crippen LogP contribution in [0.5, 0.6) is 5.75 Å². The predicted octanol–water partition coefficient (Wildman–Crippen LogP) is 5.05. The van der Waals surface area contributed by atoms with Crippen molar-refractivity contribution >= 4 is 23.5 Å². The van der Waals surface area contributed by atoms with Crippen LogP contribution in [-0.2, 0) is 20.9 Å². The van der Waals surface area contributed by atoms with E-state index in [9.17, 15) is 9.59 Å². The zero-order chi connectivity index (χ0) is 26.0. The fourth-order valence-corrected chi connectivity index (χ4v) is 5.68. The summed E-state index contributed by atoms with van der Waals surface area (Å²) < 4.78 is 11.6. The largest absolute Gasteiger partial charge is 0.494 e. The van der Waals surface area contributed by atoms with Crippen LogP contribution in [-0.4, -0.2) is 59.5 Å². The van der Waals surface area contributed by atoms with E-state index in [1.54, 1.807) is 4.90 Å². The Bertz CT molecular complexity index is 938. The van der Waals surface area contributed by atoms with Gasteiger partial charge in [-0.1, -0.05) is 32.6 Å². The van der Waals surface area contributed by atoms with Crippen LogP contribution in [0.2, 0.25) is 0 Å². The number of aliphatic imine (C=N–C) groups is 1. The molecule has 4 rings (SSSR count). The SMILES string of the molecule is CCCCN(C(=O)CCCOc1ccc2c(c1)CN(CC(=O)OC1CCCC1)C(N)=N2)C1CCCCC1. The van der Waals surface area contributed by atoms with E-state index in [2.05, 4.69) is 16.8 Å². The molecule has 2 saturated carbocycles. The Morgan fingerprint density at radius 2 is 1.84 bits per heavy atom. The molecule has 1 amide bonds. The fourth-order valence-electron chi connectivity index (χ4n) is 5.68. The Hall–Kier alpha value is -2.77. The van der Waals surface area contributed by atoms with Crippen LogP contribution in [0.3, 0.4) is 0 Å². The zero-order valence-corrected chi connectivity index (χ0v) is 22.5. The van der Waals surface area contributed by atoms with Crippen molar-refractivity contribution in [2.75, 3.05) is 19.7 Å². The van der Waals surface area contributed by atoms with Gasteiger partial charge in [-0.05, 0) is 69.6 Å². The molecule has 1 aromatic carbocycles. The molecular weight excluding hydrogens is 468 g/mol. The van der Waals surface area contributed by atoms with Crippen molar-refractivity contribution in [3.63, 3.8) is 0 Å². The van der Waals surface area contributed by atoms with Crippen LogP contribution in [0, 0.1) is 0 Å². The Balaban J connectivity index is 1.25. The number of carbonyl (C=O) groups is 2. The average molecular weight is 513 g/mol. The number of unbranched alkanes of at least 4 members (excludes halogenated alkanes) is 1. The van der Waals surface area contributed by atoms with Crippen molar-refractivity contribution in [1.29, 1.82) is 0 Å². The number of hydrogen-bond acceptors (Lipinski definition) is 7. The van der Waals surface area contributed by atoms with Gasteiger partial charge in [0.05, 0.1) is 12.3 Å². The van der Waals surface area contributed by atoms with Crippen molar-refractivity contribution < 1.29 is 19.1 Å². The third-order valence-corrected chi connectivity index (χ3v) is 7.78. The van der Waals surface area contributed by atoms with Gasteiger partial charge in [0.2, 0.25) is 5.91 Å². The number of esters is 1. The van der Waals surface area contributed by atoms with Crippen molar-refractivity contribution in [1.82, 2.24) is 9.80 Å². The molecule has 37 heavy (non-hydrogen) atoms. The Morgan fingerprint density at radius 3 is 2.59 bits per heavy atom. The monoisotopic (exact) mass is 512 g/mol. The molecule has 1 heterocycles. The quantitative estimate of drug-likeness (QED) is 0.311. The van der Waals surface area contributed by atoms with Crippen molar-refractivity contribution in [2.45, 2.75) is 109 Å². The molecule has 2 N–H and O–H groups in total. The van der Waals surface area contributed by atoms with Gasteiger partial charge in [0.1, 0.15) is 18.4 Å². The molecular formula is C29H44N4O4. The molecule has 1 aliphatic heterocycles. The summed E-state index contributed by atoms with van der Waals surface area (Å²) >= 11 is 0. The highest BCUT2D eigenvalue weighted by atomic mass is 16.5. The van der Waals surface area contributed by atoms with E-state index in [1.807, 2.05) is 18.2 Å². The second-order valence-electron chi connectivity index (χ2n) is 10.7. The van der Waals surface area contributed by atoms with Crippen molar-refractivity contribution in [3.8, 4) is 5.75 Å². The van der Waals surface area contributed by atoms with Gasteiger partial charge in [-0.3, -0.25) is 9.59 Å². The molecule has 2 fully saturated rings. The van der Waals surface area contributed by atoms with Gasteiger partial charge in [-0.25, -0.2) is 4.99 Å². The lowest BCUT2D eigenvalue weighted by atomic mass is 9.93. The predicted molar refractivity (Wildman–Crippen MR) is 145 cm³/mol. The zero-order valence-electron chi connectivity index (χ0n) is 22.5. The summed E-state index contributed by atoms with van der Waals surface area (Å²) in [7, 11) is 0. The first-order chi connectivity index (χ1) is 18.0. The molecule has 0 aromatic heterocycles. The minimum absolute atomic E-state index is 0.0380. The molecule has 3 aliphatic rings. The maximum Gasteiger partial charge on any atom is 0.325 e. The van der Waals surface area contributed by atoms with E-state index in [1.165, 1.54) is 19.3 Å². The first-order valence-corrected chi connectivity index (χ1v) is 14.4. The minimum atomic E-state index is -0.258. The first-order valence-electron chi connectivity index (χ1n) is 14.4. The van der Waals surface area contributed by atoms with Crippen LogP contribution >= 0.6 is 0 Å². The molecule has 8 heteroatoms. The standard InChI is InChI=1S/C29H44N4O4/c1-2-3-17-33(23-10-5-4-6-11-23)27(34)14-9-18-36-25-15-16-26-22(19-25)20-32(29(30)31-26)21-28(35)37-24-12-7-8-13-24/h15-16,19,23-24H,2-14,17-18,20-21H2,1H3,(H2,30,31). The fraction of sp³-hybridized carbons (Fsp3) is 0.690. The minimum Gasteiger partial charge on any atom is -0.494 e. The van der Waals surface area contributed by atoms with Gasteiger partial charge in [-0.15, -0.1) is 0 Å². The first kappa shape index (κ1) is 27.3. The van der Waals surface area contributed by atoms with Gasteiger partial charge < -0.3 is 25.0 Å². The number of benzene rings is 1. The van der Waals surface area contributed by atoms with E-state index in [0.717, 1.165) is 74.9 Å². The summed E-state index contributed by atoms with van der Waals surface area (Å²) in [5.74, 6) is 1.07. The molecule has 0 saturated heterocycles. The van der Waals surface area contributed by atoms with Gasteiger partial charge in [0.15, 0.2) is 5.96 Å². The number of guanidine groups is 1. The van der Waals surface area contributed by atoms with Crippen LogP contribution in [0.15, 0.2) is 23.2 Å². The van der Waals surface area contributed by atoms with Crippen LogP contribution < -0.4 is 10.5 Å². The summed E-state index contributed by atoms with van der Waals surface area (Å²) in [6.45, 7) is 4.11. The normalized spacial score (nSPS) is 18.3. The highest BCUT2D eigenvalue weighted by Crippen LogP contribution is 2.30. The number of ether oxygens (including phenoxy) is 2. The van der Waals surface area contributed by atoms with E-state index in [-0.39, 0.29) is 24.5 Å². The molecule has 0 atom stereocenters. The molecule has 0 radical (unpaired) electrons. The number of hydrogen-bond donors (Lipinski definition) is 1. The van der Waals surface area contributed by atoms with Crippen LogP contribution in [0.25, 0.3) is 0 Å². The number of nitrogens with zero attached hydrogens (tertiary/aromatic N) is 3. The van der Waals surface area contributed by atoms with E-state index < -0.39 is 0 Å². The number of nitrogens with two attached hydrogens (primary N) is 1. The highest BCUT2D eigenvalue weighted by Gasteiger charge is 2.26. The Labute approximate surface area is 221 Å². The summed E-state index contributed by atoms with van der Waals surface area (Å²) in [6, 6.07) is 6.15. The number of amides is 1. The van der Waals surface area contributed by atoms with Crippen molar-refractivity contribution in [2.24, 2.45) is 10.7 Å². The second-order valence-corrected chi connectivity index (χ2v) is 10.7. The topological polar surface area (TPSA) is 97.5 Å². The lowest BCUT2D eigenvalue weighted by molar-refractivity contribution is -0.149. The third-order valence-electron chi connectivity index (χ3n) is 7.78. The summed E-state index contributed by atoms with van der Waals surface area (Å²) in [5, 5.41) is 0. The maximum atomic E-state index is 13.0. The third kappa shape index (κ3) is 7.86. The molecule has 1 aromatic rings. The number of carbonyl (C=O) groups excluding carboxylic acids is 2. The van der Waals surface area contributed by atoms with Gasteiger partial charge in [-0.2, -0.15) is 0 Å². The average Bonchev–Trinajstić information content (AvgIpc) is 3.41. The van der Waals surface area contributed by atoms with Gasteiger partial charge >= 0.3 is 5.97 Å². The second kappa shape index (κ2) is 13.7. The molecule has 0 bridgehead atoms. The summed E-state index contributed by atoms with van der Waals surface area (Å²) in [5.41, 5.74) is 7.87. The van der Waals surface area contributed by atoms with E-state index >= 15 is 0 Å². The van der Waals surface area contributed by atoms with Gasteiger partial charge in [0, 0.05) is 31.1 Å². The Morgan fingerprint density at radius 1 is 1.08 bits per heavy atom. The maximum absolute atomic E-state index is 13.0. The van der Waals surface area contributed by atoms with Crippen LogP contribution in [0.1, 0.15) is 96.0 Å². The molecule has 0 unspecified atom stereocenters. The smallest absolute Gasteiger partial charge is 0.325 e. The lowest BCUT2D eigenvalue weighted by Crippen LogP contribution is -2.42. The van der Waals surface area contributed by atoms with E-state index in [4.69, 9.17) is 15.2 Å². The van der Waals surface area contributed by atoms with Crippen LogP contribution in [0.4, 0.5) is 5.69 Å². The number of fused-ring (bicyclic) bond motifs is 1. The summed E-state index contributed by atoms with van der Waals surface area (Å²) in [6.07, 6.45) is 13.6. The summed E-state index contributed by atoms with van der Waals surface area (Å²) in [4.78, 5) is 33.8. The molecule has 0 spiro atoms.